The van der Waals surface area contributed by atoms with Crippen LogP contribution >= 0.6 is 15.9 Å². The Hall–Kier alpha value is -0.380. The highest BCUT2D eigenvalue weighted by Gasteiger charge is 2.17. The molecule has 1 saturated heterocycles. The van der Waals surface area contributed by atoms with Gasteiger partial charge in [0.25, 0.3) is 0 Å². The van der Waals surface area contributed by atoms with Crippen LogP contribution in [0.4, 0.5) is 0 Å². The Labute approximate surface area is 119 Å². The first-order valence-corrected chi connectivity index (χ1v) is 7.62. The average Bonchev–Trinajstić information content (AvgIpc) is 2.40. The lowest BCUT2D eigenvalue weighted by Crippen LogP contribution is -2.44. The Balaban J connectivity index is 1.88. The molecule has 0 amide bonds. The molecule has 1 unspecified atom stereocenters. The zero-order valence-corrected chi connectivity index (χ0v) is 13.0. The topological polar surface area (TPSA) is 15.3 Å². The lowest BCUT2D eigenvalue weighted by Gasteiger charge is -2.31. The van der Waals surface area contributed by atoms with Gasteiger partial charge in [0.05, 0.1) is 0 Å². The fourth-order valence-electron chi connectivity index (χ4n) is 2.60. The molecule has 0 spiro atoms. The summed E-state index contributed by atoms with van der Waals surface area (Å²) in [5.74, 6) is 0. The minimum absolute atomic E-state index is 0.714. The van der Waals surface area contributed by atoms with Gasteiger partial charge < -0.3 is 10.2 Å². The number of aryl methyl sites for hydroxylation is 1. The quantitative estimate of drug-likeness (QED) is 0.919. The van der Waals surface area contributed by atoms with Crippen LogP contribution < -0.4 is 5.32 Å². The van der Waals surface area contributed by atoms with Gasteiger partial charge in [0, 0.05) is 23.6 Å². The van der Waals surface area contributed by atoms with Gasteiger partial charge in [0.1, 0.15) is 0 Å². The summed E-state index contributed by atoms with van der Waals surface area (Å²) in [4.78, 5) is 2.51. The van der Waals surface area contributed by atoms with E-state index in [-0.39, 0.29) is 0 Å². The van der Waals surface area contributed by atoms with E-state index in [1.165, 1.54) is 35.0 Å². The maximum Gasteiger partial charge on any atom is 0.0218 e. The van der Waals surface area contributed by atoms with Crippen LogP contribution in [0.1, 0.15) is 24.0 Å². The number of rotatable bonds is 4. The molecule has 1 fully saturated rings. The van der Waals surface area contributed by atoms with Gasteiger partial charge in [0.2, 0.25) is 0 Å². The monoisotopic (exact) mass is 310 g/mol. The highest BCUT2D eigenvalue weighted by molar-refractivity contribution is 9.10. The molecule has 0 radical (unpaired) electrons. The van der Waals surface area contributed by atoms with Gasteiger partial charge in [0.15, 0.2) is 0 Å². The number of halogens is 1. The Kier molecular flexibility index (Phi) is 5.22. The number of benzene rings is 1. The molecule has 1 N–H and O–H groups in total. The van der Waals surface area contributed by atoms with Crippen LogP contribution in [-0.2, 0) is 6.42 Å². The first-order valence-electron chi connectivity index (χ1n) is 6.83. The molecule has 2 rings (SSSR count). The van der Waals surface area contributed by atoms with E-state index in [2.05, 4.69) is 58.3 Å². The third kappa shape index (κ3) is 3.81. The van der Waals surface area contributed by atoms with Crippen LogP contribution in [0.3, 0.4) is 0 Å². The van der Waals surface area contributed by atoms with E-state index in [4.69, 9.17) is 0 Å². The van der Waals surface area contributed by atoms with Crippen LogP contribution in [-0.4, -0.2) is 37.6 Å². The summed E-state index contributed by atoms with van der Waals surface area (Å²) in [6.07, 6.45) is 3.78. The fourth-order valence-corrected chi connectivity index (χ4v) is 3.01. The predicted molar refractivity (Wildman–Crippen MR) is 81.1 cm³/mol. The third-order valence-electron chi connectivity index (χ3n) is 3.94. The molecular weight excluding hydrogens is 288 g/mol. The number of nitrogens with one attached hydrogen (secondary N) is 1. The van der Waals surface area contributed by atoms with Gasteiger partial charge in [-0.3, -0.25) is 0 Å². The van der Waals surface area contributed by atoms with E-state index in [9.17, 15) is 0 Å². The zero-order chi connectivity index (χ0) is 13.0. The Morgan fingerprint density at radius 1 is 1.44 bits per heavy atom. The van der Waals surface area contributed by atoms with Crippen molar-refractivity contribution < 1.29 is 0 Å². The van der Waals surface area contributed by atoms with Crippen LogP contribution in [0.5, 0.6) is 0 Å². The number of likely N-dealkylation sites (N-methyl/N-ethyl adjacent to an activating group) is 1. The average molecular weight is 311 g/mol. The van der Waals surface area contributed by atoms with E-state index in [0.29, 0.717) is 6.04 Å². The molecule has 1 aliphatic rings. The van der Waals surface area contributed by atoms with Crippen LogP contribution in [0.25, 0.3) is 0 Å². The van der Waals surface area contributed by atoms with E-state index >= 15 is 0 Å². The van der Waals surface area contributed by atoms with Gasteiger partial charge in [-0.2, -0.15) is 0 Å². The molecule has 1 heterocycles. The first-order chi connectivity index (χ1) is 8.66. The standard InChI is InChI=1S/C15H23BrN2/c1-12-5-6-14(16)10-13(12)7-9-18(2)15-4-3-8-17-11-15/h5-6,10,15,17H,3-4,7-9,11H2,1-2H3. The minimum Gasteiger partial charge on any atom is -0.315 e. The minimum atomic E-state index is 0.714. The summed E-state index contributed by atoms with van der Waals surface area (Å²) < 4.78 is 1.19. The smallest absolute Gasteiger partial charge is 0.0218 e. The largest absolute Gasteiger partial charge is 0.315 e. The Bertz CT molecular complexity index is 386. The lowest BCUT2D eigenvalue weighted by atomic mass is 10.0. The maximum atomic E-state index is 3.56. The Morgan fingerprint density at radius 3 is 3.00 bits per heavy atom. The van der Waals surface area contributed by atoms with Gasteiger partial charge in [-0.25, -0.2) is 0 Å². The molecule has 0 saturated carbocycles. The fraction of sp³-hybridized carbons (Fsp3) is 0.600. The second-order valence-corrected chi connectivity index (χ2v) is 6.22. The molecule has 1 aliphatic heterocycles. The number of nitrogens with zero attached hydrogens (tertiary/aromatic N) is 1. The summed E-state index contributed by atoms with van der Waals surface area (Å²) in [5, 5.41) is 3.49. The molecule has 1 aromatic rings. The van der Waals surface area contributed by atoms with Gasteiger partial charge in [-0.05, 0) is 63.0 Å². The molecule has 18 heavy (non-hydrogen) atoms. The maximum absolute atomic E-state index is 3.56. The van der Waals surface area contributed by atoms with Crippen molar-refractivity contribution in [2.45, 2.75) is 32.2 Å². The summed E-state index contributed by atoms with van der Waals surface area (Å²) >= 11 is 3.56. The van der Waals surface area contributed by atoms with Gasteiger partial charge in [-0.1, -0.05) is 22.0 Å². The molecule has 3 heteroatoms. The molecular formula is C15H23BrN2. The number of hydrogen-bond acceptors (Lipinski definition) is 2. The van der Waals surface area contributed by atoms with Crippen molar-refractivity contribution in [2.75, 3.05) is 26.7 Å². The van der Waals surface area contributed by atoms with Crippen molar-refractivity contribution in [1.29, 1.82) is 0 Å². The summed E-state index contributed by atoms with van der Waals surface area (Å²) in [6, 6.07) is 7.28. The Morgan fingerprint density at radius 2 is 2.28 bits per heavy atom. The van der Waals surface area contributed by atoms with E-state index in [0.717, 1.165) is 19.5 Å². The zero-order valence-electron chi connectivity index (χ0n) is 11.4. The molecule has 1 aromatic carbocycles. The lowest BCUT2D eigenvalue weighted by molar-refractivity contribution is 0.205. The van der Waals surface area contributed by atoms with Crippen LogP contribution in [0, 0.1) is 6.92 Å². The highest BCUT2D eigenvalue weighted by Crippen LogP contribution is 2.17. The van der Waals surface area contributed by atoms with Gasteiger partial charge in [-0.15, -0.1) is 0 Å². The van der Waals surface area contributed by atoms with Crippen molar-refractivity contribution in [3.63, 3.8) is 0 Å². The predicted octanol–water partition coefficient (Wildman–Crippen LogP) is 2.98. The molecule has 0 bridgehead atoms. The van der Waals surface area contributed by atoms with Crippen LogP contribution in [0.2, 0.25) is 0 Å². The van der Waals surface area contributed by atoms with Crippen molar-refractivity contribution in [2.24, 2.45) is 0 Å². The SMILES string of the molecule is Cc1ccc(Br)cc1CCN(C)C1CCCNC1. The third-order valence-corrected chi connectivity index (χ3v) is 4.43. The molecule has 0 aliphatic carbocycles. The summed E-state index contributed by atoms with van der Waals surface area (Å²) in [6.45, 7) is 5.68. The summed E-state index contributed by atoms with van der Waals surface area (Å²) in [7, 11) is 2.25. The van der Waals surface area contributed by atoms with Crippen molar-refractivity contribution >= 4 is 15.9 Å². The van der Waals surface area contributed by atoms with Crippen molar-refractivity contribution in [3.05, 3.63) is 33.8 Å². The molecule has 2 nitrogen and oxygen atoms in total. The van der Waals surface area contributed by atoms with E-state index in [1.54, 1.807) is 0 Å². The van der Waals surface area contributed by atoms with E-state index < -0.39 is 0 Å². The second kappa shape index (κ2) is 6.69. The van der Waals surface area contributed by atoms with E-state index in [1.807, 2.05) is 0 Å². The normalized spacial score (nSPS) is 20.3. The van der Waals surface area contributed by atoms with Crippen molar-refractivity contribution in [1.82, 2.24) is 10.2 Å². The van der Waals surface area contributed by atoms with Crippen LogP contribution in [0.15, 0.2) is 22.7 Å². The first kappa shape index (κ1) is 14.0. The van der Waals surface area contributed by atoms with Crippen molar-refractivity contribution in [3.8, 4) is 0 Å². The highest BCUT2D eigenvalue weighted by atomic mass is 79.9. The van der Waals surface area contributed by atoms with Gasteiger partial charge >= 0.3 is 0 Å². The number of hydrogen-bond donors (Lipinski definition) is 1. The molecule has 0 aromatic heterocycles. The second-order valence-electron chi connectivity index (χ2n) is 5.30. The summed E-state index contributed by atoms with van der Waals surface area (Å²) in [5.41, 5.74) is 2.85. The molecule has 1 atom stereocenters. The molecule has 100 valence electrons. The number of piperidine rings is 1.